The van der Waals surface area contributed by atoms with Gasteiger partial charge >= 0.3 is 0 Å². The SMILES string of the molecule is CC1(C)c2ccccc2-c2ccc(-c3nc4ccccc4c4c3cc(-c3ccc5ccc6ccc(-c7ccccc7)nc6c5n3)c3sc5ccccc5c34)cc21. The average Bonchev–Trinajstić information content (AvgIpc) is 3.75. The summed E-state index contributed by atoms with van der Waals surface area (Å²) >= 11 is 1.85. The fourth-order valence-corrected chi connectivity index (χ4v) is 10.5. The molecule has 0 unspecified atom stereocenters. The Hall–Kier alpha value is -6.75. The highest BCUT2D eigenvalue weighted by molar-refractivity contribution is 7.26. The van der Waals surface area contributed by atoms with E-state index >= 15 is 0 Å². The van der Waals surface area contributed by atoms with E-state index in [-0.39, 0.29) is 5.41 Å². The van der Waals surface area contributed by atoms with Crippen molar-refractivity contribution >= 4 is 75.0 Å². The van der Waals surface area contributed by atoms with Crippen molar-refractivity contribution in [2.75, 3.05) is 0 Å². The van der Waals surface area contributed by atoms with E-state index < -0.39 is 0 Å². The Morgan fingerprint density at radius 1 is 0.446 bits per heavy atom. The number of hydrogen-bond acceptors (Lipinski definition) is 4. The topological polar surface area (TPSA) is 38.7 Å². The summed E-state index contributed by atoms with van der Waals surface area (Å²) in [6, 6.07) is 59.0. The first-order chi connectivity index (χ1) is 27.5. The van der Waals surface area contributed by atoms with Crippen LogP contribution in [0.5, 0.6) is 0 Å². The monoisotopic (exact) mass is 731 g/mol. The van der Waals surface area contributed by atoms with E-state index in [4.69, 9.17) is 15.0 Å². The van der Waals surface area contributed by atoms with Crippen LogP contribution in [0.1, 0.15) is 25.0 Å². The van der Waals surface area contributed by atoms with Crippen LogP contribution in [0.4, 0.5) is 0 Å². The van der Waals surface area contributed by atoms with E-state index in [1.807, 2.05) is 17.4 Å². The number of fused-ring (bicyclic) bond motifs is 13. The second-order valence-corrected chi connectivity index (χ2v) is 16.6. The molecule has 3 nitrogen and oxygen atoms in total. The number of nitrogens with zero attached hydrogens (tertiary/aromatic N) is 3. The molecule has 0 spiro atoms. The molecule has 7 aromatic carbocycles. The first-order valence-electron chi connectivity index (χ1n) is 19.2. The number of thiophene rings is 1. The largest absolute Gasteiger partial charge is 0.247 e. The highest BCUT2D eigenvalue weighted by Gasteiger charge is 2.35. The molecule has 0 radical (unpaired) electrons. The van der Waals surface area contributed by atoms with Gasteiger partial charge in [0, 0.05) is 69.2 Å². The molecule has 0 atom stereocenters. The molecule has 4 aromatic heterocycles. The maximum atomic E-state index is 5.51. The molecule has 1 aliphatic rings. The van der Waals surface area contributed by atoms with E-state index in [0.29, 0.717) is 0 Å². The van der Waals surface area contributed by atoms with E-state index in [1.165, 1.54) is 47.8 Å². The number of pyridine rings is 3. The molecule has 12 rings (SSSR count). The summed E-state index contributed by atoms with van der Waals surface area (Å²) in [5.74, 6) is 0. The Morgan fingerprint density at radius 2 is 1.11 bits per heavy atom. The lowest BCUT2D eigenvalue weighted by atomic mass is 9.81. The van der Waals surface area contributed by atoms with Gasteiger partial charge < -0.3 is 0 Å². The van der Waals surface area contributed by atoms with Crippen LogP contribution in [0.15, 0.2) is 164 Å². The van der Waals surface area contributed by atoms with Crippen molar-refractivity contribution in [1.82, 2.24) is 15.0 Å². The summed E-state index contributed by atoms with van der Waals surface area (Å²) in [6.45, 7) is 4.69. The van der Waals surface area contributed by atoms with Gasteiger partial charge in [-0.2, -0.15) is 0 Å². The standard InChI is InChI=1S/C52H33N3S/c1-52(2)40-17-9-6-14-34(40)35-25-22-33(28-41(35)52)48-39-29-38(51-47(37-16-8-11-19-45(37)56-51)46(39)36-15-7-10-18-43(36)54-48)44-27-24-32-21-20-31-23-26-42(30-12-4-3-5-13-30)53-49(31)50(32)55-44/h3-29H,1-2H3. The molecular weight excluding hydrogens is 699 g/mol. The molecule has 0 amide bonds. The van der Waals surface area contributed by atoms with E-state index in [2.05, 4.69) is 172 Å². The zero-order valence-electron chi connectivity index (χ0n) is 30.8. The van der Waals surface area contributed by atoms with Gasteiger partial charge in [0.25, 0.3) is 0 Å². The zero-order chi connectivity index (χ0) is 37.1. The minimum Gasteiger partial charge on any atom is -0.247 e. The van der Waals surface area contributed by atoms with Gasteiger partial charge in [-0.1, -0.05) is 141 Å². The third-order valence-electron chi connectivity index (χ3n) is 12.0. The van der Waals surface area contributed by atoms with Crippen molar-refractivity contribution in [3.63, 3.8) is 0 Å². The van der Waals surface area contributed by atoms with Crippen molar-refractivity contribution in [2.45, 2.75) is 19.3 Å². The van der Waals surface area contributed by atoms with Gasteiger partial charge in [-0.25, -0.2) is 15.0 Å². The van der Waals surface area contributed by atoms with Crippen molar-refractivity contribution < 1.29 is 0 Å². The van der Waals surface area contributed by atoms with Crippen LogP contribution < -0.4 is 0 Å². The summed E-state index contributed by atoms with van der Waals surface area (Å²) in [5.41, 5.74) is 14.2. The fourth-order valence-electron chi connectivity index (χ4n) is 9.28. The Bertz CT molecular complexity index is 3450. The second-order valence-electron chi connectivity index (χ2n) is 15.5. The molecule has 0 saturated carbocycles. The lowest BCUT2D eigenvalue weighted by molar-refractivity contribution is 0.660. The van der Waals surface area contributed by atoms with Gasteiger partial charge in [0.2, 0.25) is 0 Å². The summed E-state index contributed by atoms with van der Waals surface area (Å²) in [4.78, 5) is 16.2. The first kappa shape index (κ1) is 31.6. The third kappa shape index (κ3) is 4.48. The van der Waals surface area contributed by atoms with Crippen molar-refractivity contribution in [3.8, 4) is 44.9 Å². The normalized spacial score (nSPS) is 13.3. The quantitative estimate of drug-likeness (QED) is 0.170. The Morgan fingerprint density at radius 3 is 1.95 bits per heavy atom. The summed E-state index contributed by atoms with van der Waals surface area (Å²) in [5, 5.41) is 8.20. The Labute approximate surface area is 327 Å². The van der Waals surface area contributed by atoms with E-state index in [9.17, 15) is 0 Å². The van der Waals surface area contributed by atoms with Crippen LogP contribution in [-0.2, 0) is 5.41 Å². The smallest absolute Gasteiger partial charge is 0.0972 e. The molecule has 4 heteroatoms. The van der Waals surface area contributed by atoms with Gasteiger partial charge in [0.15, 0.2) is 0 Å². The molecule has 0 saturated heterocycles. The summed E-state index contributed by atoms with van der Waals surface area (Å²) in [7, 11) is 0. The molecule has 0 fully saturated rings. The lowest BCUT2D eigenvalue weighted by Gasteiger charge is -2.22. The van der Waals surface area contributed by atoms with Gasteiger partial charge in [-0.3, -0.25) is 0 Å². The summed E-state index contributed by atoms with van der Waals surface area (Å²) in [6.07, 6.45) is 0. The minimum atomic E-state index is -0.122. The van der Waals surface area contributed by atoms with Gasteiger partial charge in [0.1, 0.15) is 0 Å². The Balaban J connectivity index is 1.17. The maximum absolute atomic E-state index is 5.51. The average molecular weight is 732 g/mol. The lowest BCUT2D eigenvalue weighted by Crippen LogP contribution is -2.14. The molecule has 0 N–H and O–H groups in total. The number of para-hydroxylation sites is 1. The van der Waals surface area contributed by atoms with Gasteiger partial charge in [-0.15, -0.1) is 11.3 Å². The van der Waals surface area contributed by atoms with Crippen molar-refractivity contribution in [2.24, 2.45) is 0 Å². The van der Waals surface area contributed by atoms with E-state index in [1.54, 1.807) is 0 Å². The van der Waals surface area contributed by atoms with Crippen LogP contribution in [0.25, 0.3) is 109 Å². The predicted molar refractivity (Wildman–Crippen MR) is 237 cm³/mol. The number of aromatic nitrogens is 3. The van der Waals surface area contributed by atoms with Crippen LogP contribution >= 0.6 is 11.3 Å². The van der Waals surface area contributed by atoms with Crippen LogP contribution in [0.3, 0.4) is 0 Å². The predicted octanol–water partition coefficient (Wildman–Crippen LogP) is 14.2. The first-order valence-corrected chi connectivity index (χ1v) is 20.0. The zero-order valence-corrected chi connectivity index (χ0v) is 31.7. The van der Waals surface area contributed by atoms with Crippen molar-refractivity contribution in [1.29, 1.82) is 0 Å². The van der Waals surface area contributed by atoms with E-state index in [0.717, 1.165) is 71.9 Å². The second kappa shape index (κ2) is 11.6. The highest BCUT2D eigenvalue weighted by atomic mass is 32.1. The Kier molecular flexibility index (Phi) is 6.56. The fraction of sp³-hybridized carbons (Fsp3) is 0.0577. The molecule has 4 heterocycles. The highest BCUT2D eigenvalue weighted by Crippen LogP contribution is 2.51. The van der Waals surface area contributed by atoms with Gasteiger partial charge in [0.05, 0.1) is 33.6 Å². The molecule has 262 valence electrons. The van der Waals surface area contributed by atoms with Gasteiger partial charge in [-0.05, 0) is 58.7 Å². The maximum Gasteiger partial charge on any atom is 0.0972 e. The number of hydrogen-bond donors (Lipinski definition) is 0. The van der Waals surface area contributed by atoms with Crippen LogP contribution in [0, 0.1) is 0 Å². The molecule has 11 aromatic rings. The van der Waals surface area contributed by atoms with Crippen molar-refractivity contribution in [3.05, 3.63) is 175 Å². The van der Waals surface area contributed by atoms with Crippen LogP contribution in [-0.4, -0.2) is 15.0 Å². The molecule has 56 heavy (non-hydrogen) atoms. The molecule has 1 aliphatic carbocycles. The number of rotatable bonds is 3. The molecule has 0 bridgehead atoms. The number of benzene rings is 7. The molecular formula is C52H33N3S. The third-order valence-corrected chi connectivity index (χ3v) is 13.2. The summed E-state index contributed by atoms with van der Waals surface area (Å²) < 4.78 is 2.49. The molecule has 0 aliphatic heterocycles. The van der Waals surface area contributed by atoms with Crippen LogP contribution in [0.2, 0.25) is 0 Å². The minimum absolute atomic E-state index is 0.122.